The molecule has 3 aromatic rings. The summed E-state index contributed by atoms with van der Waals surface area (Å²) in [4.78, 5) is 46.1. The van der Waals surface area contributed by atoms with E-state index in [1.54, 1.807) is 39.3 Å². The Kier molecular flexibility index (Phi) is 7.02. The number of ketones is 1. The number of rotatable bonds is 9. The molecule has 4 atom stereocenters. The molecule has 12 heteroatoms. The summed E-state index contributed by atoms with van der Waals surface area (Å²) in [5.41, 5.74) is -1.46. The van der Waals surface area contributed by atoms with Gasteiger partial charge in [0, 0.05) is 29.3 Å². The number of nitrogens with one attached hydrogen (secondary N) is 1. The average Bonchev–Trinajstić information content (AvgIpc) is 3.81. The zero-order chi connectivity index (χ0) is 30.7. The van der Waals surface area contributed by atoms with Crippen molar-refractivity contribution in [2.45, 2.75) is 75.0 Å². The van der Waals surface area contributed by atoms with Crippen LogP contribution < -0.4 is 10.1 Å². The maximum atomic E-state index is 13.8. The molecule has 0 unspecified atom stereocenters. The molecule has 11 nitrogen and oxygen atoms in total. The number of hydrogen-bond acceptors (Lipinski definition) is 9. The molecule has 1 aliphatic heterocycles. The number of carbonyl (C=O) groups is 3. The van der Waals surface area contributed by atoms with E-state index in [0.717, 1.165) is 21.7 Å². The number of aromatic nitrogens is 1. The first kappa shape index (κ1) is 29.2. The van der Waals surface area contributed by atoms with Gasteiger partial charge in [-0.25, -0.2) is 18.2 Å². The normalized spacial score (nSPS) is 25.5. The topological polar surface area (TPSA) is 145 Å². The molecule has 1 aromatic carbocycles. The predicted molar refractivity (Wildman–Crippen MR) is 158 cm³/mol. The lowest BCUT2D eigenvalue weighted by Gasteiger charge is -2.29. The van der Waals surface area contributed by atoms with E-state index < -0.39 is 67.8 Å². The molecule has 0 bridgehead atoms. The Bertz CT molecular complexity index is 1740. The number of nitrogens with zero attached hydrogens (tertiary/aromatic N) is 2. The highest BCUT2D eigenvalue weighted by atomic mass is 32.2. The highest BCUT2D eigenvalue weighted by molar-refractivity contribution is 7.93. The van der Waals surface area contributed by atoms with Gasteiger partial charge in [0.15, 0.2) is 15.6 Å². The molecular weight excluding hydrogens is 574 g/mol. The molecule has 0 spiro atoms. The van der Waals surface area contributed by atoms with Gasteiger partial charge in [0.1, 0.15) is 34.6 Å². The van der Waals surface area contributed by atoms with Crippen molar-refractivity contribution in [2.24, 2.45) is 5.92 Å². The van der Waals surface area contributed by atoms with Crippen molar-refractivity contribution >= 4 is 49.4 Å². The largest absolute Gasteiger partial charge is 0.472 e. The summed E-state index contributed by atoms with van der Waals surface area (Å²) in [5, 5.41) is 4.87. The zero-order valence-corrected chi connectivity index (χ0v) is 25.2. The van der Waals surface area contributed by atoms with Crippen molar-refractivity contribution in [3.63, 3.8) is 0 Å². The molecule has 3 fully saturated rings. The lowest BCUT2D eigenvalue weighted by Crippen LogP contribution is -2.54. The van der Waals surface area contributed by atoms with Crippen LogP contribution in [-0.4, -0.2) is 76.9 Å². The molecule has 2 aromatic heterocycles. The van der Waals surface area contributed by atoms with Crippen molar-refractivity contribution in [3.05, 3.63) is 49.4 Å². The molecule has 1 N–H and O–H groups in total. The van der Waals surface area contributed by atoms with E-state index in [-0.39, 0.29) is 19.4 Å². The van der Waals surface area contributed by atoms with E-state index in [1.165, 1.54) is 4.90 Å². The van der Waals surface area contributed by atoms with E-state index in [2.05, 4.69) is 16.9 Å². The molecule has 228 valence electrons. The van der Waals surface area contributed by atoms with Crippen molar-refractivity contribution < 1.29 is 36.7 Å². The van der Waals surface area contributed by atoms with Gasteiger partial charge in [-0.2, -0.15) is 0 Å². The SMILES string of the molecule is C=C[C@@H]1C[C@]1(NC(=O)[C@@H]1C[C@@H](Oc2nccc3c2ccc2occc23)CN1C(=O)OC(C)(C)C)C(=O)CS(=O)(=O)C1CC1. The number of Topliss-reactive ketones (excluding diaryl/α,β-unsaturated/α-hetero) is 1. The van der Waals surface area contributed by atoms with E-state index in [0.29, 0.717) is 18.7 Å². The summed E-state index contributed by atoms with van der Waals surface area (Å²) in [6.07, 6.45) is 4.94. The van der Waals surface area contributed by atoms with Crippen LogP contribution in [0.25, 0.3) is 21.7 Å². The van der Waals surface area contributed by atoms with Gasteiger partial charge >= 0.3 is 6.09 Å². The summed E-state index contributed by atoms with van der Waals surface area (Å²) in [6, 6.07) is 6.38. The quantitative estimate of drug-likeness (QED) is 0.357. The van der Waals surface area contributed by atoms with Crippen LogP contribution in [0.5, 0.6) is 5.88 Å². The molecule has 43 heavy (non-hydrogen) atoms. The Morgan fingerprint density at radius 3 is 2.60 bits per heavy atom. The van der Waals surface area contributed by atoms with Crippen LogP contribution in [0, 0.1) is 5.92 Å². The summed E-state index contributed by atoms with van der Waals surface area (Å²) in [5.74, 6) is -1.82. The first-order chi connectivity index (χ1) is 20.3. The average molecular weight is 610 g/mol. The minimum Gasteiger partial charge on any atom is -0.472 e. The van der Waals surface area contributed by atoms with Crippen LogP contribution in [-0.2, 0) is 24.2 Å². The summed E-state index contributed by atoms with van der Waals surface area (Å²) < 4.78 is 42.6. The monoisotopic (exact) mass is 609 g/mol. The third-order valence-electron chi connectivity index (χ3n) is 8.32. The van der Waals surface area contributed by atoms with Crippen LogP contribution >= 0.6 is 0 Å². The third kappa shape index (κ3) is 5.60. The minimum absolute atomic E-state index is 0.0426. The van der Waals surface area contributed by atoms with Crippen LogP contribution in [0.3, 0.4) is 0 Å². The number of amides is 2. The Balaban J connectivity index is 1.25. The summed E-state index contributed by atoms with van der Waals surface area (Å²) in [6.45, 7) is 8.99. The first-order valence-electron chi connectivity index (χ1n) is 14.4. The number of hydrogen-bond donors (Lipinski definition) is 1. The van der Waals surface area contributed by atoms with Crippen LogP contribution in [0.15, 0.2) is 53.8 Å². The predicted octanol–water partition coefficient (Wildman–Crippen LogP) is 3.95. The number of ether oxygens (including phenoxy) is 2. The fraction of sp³-hybridized carbons (Fsp3) is 0.484. The van der Waals surface area contributed by atoms with E-state index in [4.69, 9.17) is 13.9 Å². The van der Waals surface area contributed by atoms with Gasteiger partial charge in [-0.1, -0.05) is 6.08 Å². The third-order valence-corrected chi connectivity index (χ3v) is 10.5. The lowest BCUT2D eigenvalue weighted by atomic mass is 10.1. The minimum atomic E-state index is -3.58. The fourth-order valence-electron chi connectivity index (χ4n) is 5.85. The second kappa shape index (κ2) is 10.4. The van der Waals surface area contributed by atoms with Crippen molar-refractivity contribution in [1.29, 1.82) is 0 Å². The van der Waals surface area contributed by atoms with E-state index in [1.807, 2.05) is 24.3 Å². The molecule has 0 radical (unpaired) electrons. The zero-order valence-electron chi connectivity index (χ0n) is 24.4. The molecule has 2 saturated carbocycles. The van der Waals surface area contributed by atoms with Crippen molar-refractivity contribution in [3.8, 4) is 5.88 Å². The Morgan fingerprint density at radius 2 is 1.93 bits per heavy atom. The van der Waals surface area contributed by atoms with Crippen molar-refractivity contribution in [2.75, 3.05) is 12.3 Å². The maximum absolute atomic E-state index is 13.8. The maximum Gasteiger partial charge on any atom is 0.411 e. The Hall–Kier alpha value is -3.93. The second-order valence-electron chi connectivity index (χ2n) is 12.7. The van der Waals surface area contributed by atoms with Gasteiger partial charge in [0.25, 0.3) is 0 Å². The molecular formula is C31H35N3O8S. The number of fused-ring (bicyclic) bond motifs is 3. The summed E-state index contributed by atoms with van der Waals surface area (Å²) in [7, 11) is -3.58. The Morgan fingerprint density at radius 1 is 1.16 bits per heavy atom. The number of likely N-dealkylation sites (tertiary alicyclic amines) is 1. The number of benzene rings is 1. The highest BCUT2D eigenvalue weighted by Gasteiger charge is 2.61. The van der Waals surface area contributed by atoms with Gasteiger partial charge in [-0.3, -0.25) is 14.5 Å². The van der Waals surface area contributed by atoms with Crippen molar-refractivity contribution in [1.82, 2.24) is 15.2 Å². The van der Waals surface area contributed by atoms with Gasteiger partial charge < -0.3 is 19.2 Å². The highest BCUT2D eigenvalue weighted by Crippen LogP contribution is 2.46. The lowest BCUT2D eigenvalue weighted by molar-refractivity contribution is -0.130. The van der Waals surface area contributed by atoms with Gasteiger partial charge in [0.2, 0.25) is 11.8 Å². The molecule has 3 heterocycles. The fourth-order valence-corrected chi connectivity index (χ4v) is 7.57. The van der Waals surface area contributed by atoms with Gasteiger partial charge in [-0.05, 0) is 69.7 Å². The summed E-state index contributed by atoms with van der Waals surface area (Å²) >= 11 is 0. The number of sulfone groups is 1. The molecule has 2 aliphatic carbocycles. The Labute approximate surface area is 249 Å². The van der Waals surface area contributed by atoms with Crippen LogP contribution in [0.1, 0.15) is 46.5 Å². The van der Waals surface area contributed by atoms with E-state index >= 15 is 0 Å². The van der Waals surface area contributed by atoms with Crippen LogP contribution in [0.2, 0.25) is 0 Å². The smallest absolute Gasteiger partial charge is 0.411 e. The number of furan rings is 1. The second-order valence-corrected chi connectivity index (χ2v) is 15.0. The van der Waals surface area contributed by atoms with Gasteiger partial charge in [0.05, 0.1) is 18.1 Å². The molecule has 1 saturated heterocycles. The number of pyridine rings is 1. The molecule has 6 rings (SSSR count). The molecule has 2 amide bonds. The number of carbonyl (C=O) groups excluding carboxylic acids is 3. The van der Waals surface area contributed by atoms with Crippen LogP contribution in [0.4, 0.5) is 4.79 Å². The standard InChI is InChI=1S/C31H35N3O8S/c1-5-18-15-31(18,26(35)17-43(38,39)20-6-7-20)33-27(36)24-14-19(16-34(24)29(37)42-30(2,3)4)41-28-23-8-9-25-22(11-13-40-25)21(23)10-12-32-28/h5,8-13,18-20,24H,1,6-7,14-17H2,2-4H3,(H,33,36)/t18-,19-,24+,31-/m1/s1. The molecule has 3 aliphatic rings. The first-order valence-corrected chi connectivity index (χ1v) is 16.1. The van der Waals surface area contributed by atoms with Gasteiger partial charge in [-0.15, -0.1) is 6.58 Å². The van der Waals surface area contributed by atoms with E-state index in [9.17, 15) is 22.8 Å².